The summed E-state index contributed by atoms with van der Waals surface area (Å²) in [5.41, 5.74) is 8.41. The molecule has 2 rings (SSSR count). The molecule has 14 heavy (non-hydrogen) atoms. The van der Waals surface area contributed by atoms with Gasteiger partial charge in [-0.1, -0.05) is 18.5 Å². The molecule has 0 aromatic carbocycles. The normalized spacial score (nSPS) is 25.4. The highest BCUT2D eigenvalue weighted by molar-refractivity contribution is 6.30. The Balaban J connectivity index is 2.36. The largest absolute Gasteiger partial charge is 0.341 e. The summed E-state index contributed by atoms with van der Waals surface area (Å²) in [5.74, 6) is 1.32. The zero-order valence-corrected chi connectivity index (χ0v) is 9.51. The van der Waals surface area contributed by atoms with E-state index in [-0.39, 0.29) is 0 Å². The van der Waals surface area contributed by atoms with Gasteiger partial charge in [0.1, 0.15) is 5.15 Å². The summed E-state index contributed by atoms with van der Waals surface area (Å²) in [7, 11) is 2.00. The first-order valence-corrected chi connectivity index (χ1v) is 5.56. The molecule has 2 N–H and O–H groups in total. The molecular weight excluding hydrogens is 196 g/mol. The van der Waals surface area contributed by atoms with Crippen molar-refractivity contribution in [1.82, 2.24) is 4.57 Å². The van der Waals surface area contributed by atoms with Crippen LogP contribution in [-0.2, 0) is 13.5 Å². The Morgan fingerprint density at radius 3 is 3.00 bits per heavy atom. The molecule has 1 heterocycles. The van der Waals surface area contributed by atoms with Crippen LogP contribution in [0.1, 0.15) is 30.4 Å². The Kier molecular flexibility index (Phi) is 2.58. The van der Waals surface area contributed by atoms with Crippen LogP contribution in [0, 0.1) is 5.92 Å². The number of nitrogens with two attached hydrogens (primary N) is 1. The number of aryl methyl sites for hydroxylation is 1. The first-order chi connectivity index (χ1) is 6.65. The molecule has 0 radical (unpaired) electrons. The molecule has 1 aliphatic rings. The first-order valence-electron chi connectivity index (χ1n) is 5.18. The van der Waals surface area contributed by atoms with Gasteiger partial charge in [-0.15, -0.1) is 0 Å². The van der Waals surface area contributed by atoms with Crippen molar-refractivity contribution in [3.8, 4) is 0 Å². The fourth-order valence-corrected chi connectivity index (χ4v) is 2.82. The highest BCUT2D eigenvalue weighted by Crippen LogP contribution is 2.43. The molecule has 0 saturated heterocycles. The zero-order chi connectivity index (χ0) is 10.3. The van der Waals surface area contributed by atoms with Gasteiger partial charge >= 0.3 is 0 Å². The maximum absolute atomic E-state index is 6.22. The third kappa shape index (κ3) is 1.37. The summed E-state index contributed by atoms with van der Waals surface area (Å²) in [5, 5.41) is 0.909. The van der Waals surface area contributed by atoms with Crippen LogP contribution in [-0.4, -0.2) is 11.1 Å². The van der Waals surface area contributed by atoms with Crippen molar-refractivity contribution in [1.29, 1.82) is 0 Å². The summed E-state index contributed by atoms with van der Waals surface area (Å²) in [6, 6.07) is 0. The number of fused-ring (bicyclic) bond motifs is 1. The van der Waals surface area contributed by atoms with Gasteiger partial charge in [0, 0.05) is 13.2 Å². The van der Waals surface area contributed by atoms with Crippen LogP contribution in [0.2, 0.25) is 5.15 Å². The van der Waals surface area contributed by atoms with E-state index in [1.165, 1.54) is 11.1 Å². The molecule has 1 aromatic rings. The highest BCUT2D eigenvalue weighted by Gasteiger charge is 2.32. The van der Waals surface area contributed by atoms with Gasteiger partial charge in [0.15, 0.2) is 0 Å². The lowest BCUT2D eigenvalue weighted by atomic mass is 9.92. The van der Waals surface area contributed by atoms with E-state index < -0.39 is 0 Å². The average molecular weight is 213 g/mol. The lowest BCUT2D eigenvalue weighted by Gasteiger charge is -2.14. The quantitative estimate of drug-likeness (QED) is 0.802. The van der Waals surface area contributed by atoms with Gasteiger partial charge in [0.2, 0.25) is 0 Å². The smallest absolute Gasteiger partial charge is 0.112 e. The summed E-state index contributed by atoms with van der Waals surface area (Å²) in [4.78, 5) is 0. The third-order valence-corrected chi connectivity index (χ3v) is 3.82. The average Bonchev–Trinajstić information content (AvgIpc) is 2.57. The molecule has 2 nitrogen and oxygen atoms in total. The van der Waals surface area contributed by atoms with Crippen molar-refractivity contribution >= 4 is 11.6 Å². The number of halogens is 1. The van der Waals surface area contributed by atoms with Crippen molar-refractivity contribution in [2.24, 2.45) is 18.7 Å². The predicted octanol–water partition coefficient (Wildman–Crippen LogP) is 2.30. The van der Waals surface area contributed by atoms with Crippen molar-refractivity contribution in [2.45, 2.75) is 25.7 Å². The van der Waals surface area contributed by atoms with Gasteiger partial charge in [-0.25, -0.2) is 0 Å². The Hall–Kier alpha value is -0.470. The van der Waals surface area contributed by atoms with Gasteiger partial charge in [-0.2, -0.15) is 0 Å². The number of aromatic nitrogens is 1. The zero-order valence-electron chi connectivity index (χ0n) is 8.76. The van der Waals surface area contributed by atoms with Gasteiger partial charge in [-0.3, -0.25) is 0 Å². The van der Waals surface area contributed by atoms with Gasteiger partial charge in [-0.05, 0) is 42.3 Å². The maximum atomic E-state index is 6.22. The molecule has 2 atom stereocenters. The number of hydrogen-bond acceptors (Lipinski definition) is 1. The fourth-order valence-electron chi connectivity index (χ4n) is 2.59. The second-order valence-electron chi connectivity index (χ2n) is 4.33. The molecule has 0 aliphatic heterocycles. The minimum Gasteiger partial charge on any atom is -0.341 e. The number of hydrogen-bond donors (Lipinski definition) is 1. The van der Waals surface area contributed by atoms with E-state index in [1.54, 1.807) is 0 Å². The van der Waals surface area contributed by atoms with E-state index in [0.717, 1.165) is 24.5 Å². The Bertz CT molecular complexity index is 343. The van der Waals surface area contributed by atoms with Gasteiger partial charge in [0.25, 0.3) is 0 Å². The molecule has 1 aromatic heterocycles. The third-order valence-electron chi connectivity index (χ3n) is 3.33. The Morgan fingerprint density at radius 1 is 1.64 bits per heavy atom. The maximum Gasteiger partial charge on any atom is 0.112 e. The Morgan fingerprint density at radius 2 is 2.36 bits per heavy atom. The predicted molar refractivity (Wildman–Crippen MR) is 59.7 cm³/mol. The van der Waals surface area contributed by atoms with Crippen LogP contribution >= 0.6 is 11.6 Å². The van der Waals surface area contributed by atoms with Crippen molar-refractivity contribution in [2.75, 3.05) is 6.54 Å². The van der Waals surface area contributed by atoms with Crippen molar-refractivity contribution < 1.29 is 0 Å². The molecule has 0 amide bonds. The van der Waals surface area contributed by atoms with Crippen LogP contribution in [0.3, 0.4) is 0 Å². The molecule has 0 bridgehead atoms. The number of rotatable bonds is 2. The van der Waals surface area contributed by atoms with Crippen LogP contribution < -0.4 is 5.73 Å². The molecule has 78 valence electrons. The van der Waals surface area contributed by atoms with Gasteiger partial charge < -0.3 is 10.3 Å². The van der Waals surface area contributed by atoms with Crippen LogP contribution in [0.25, 0.3) is 0 Å². The topological polar surface area (TPSA) is 30.9 Å². The first kappa shape index (κ1) is 10.1. The molecule has 1 aliphatic carbocycles. The van der Waals surface area contributed by atoms with E-state index in [0.29, 0.717) is 11.8 Å². The van der Waals surface area contributed by atoms with Crippen LogP contribution in [0.15, 0.2) is 6.20 Å². The van der Waals surface area contributed by atoms with Crippen LogP contribution in [0.5, 0.6) is 0 Å². The lowest BCUT2D eigenvalue weighted by Crippen LogP contribution is -2.10. The lowest BCUT2D eigenvalue weighted by molar-refractivity contribution is 0.472. The van der Waals surface area contributed by atoms with Crippen LogP contribution in [0.4, 0.5) is 0 Å². The van der Waals surface area contributed by atoms with E-state index in [2.05, 4.69) is 13.1 Å². The van der Waals surface area contributed by atoms with E-state index >= 15 is 0 Å². The minimum atomic E-state index is 0.619. The van der Waals surface area contributed by atoms with Gasteiger partial charge in [0.05, 0.1) is 0 Å². The summed E-state index contributed by atoms with van der Waals surface area (Å²) in [6.07, 6.45) is 4.36. The van der Waals surface area contributed by atoms with E-state index in [4.69, 9.17) is 17.3 Å². The summed E-state index contributed by atoms with van der Waals surface area (Å²) < 4.78 is 2.02. The van der Waals surface area contributed by atoms with Crippen molar-refractivity contribution in [3.63, 3.8) is 0 Å². The monoisotopic (exact) mass is 212 g/mol. The highest BCUT2D eigenvalue weighted by atomic mass is 35.5. The fraction of sp³-hybridized carbons (Fsp3) is 0.636. The molecule has 0 fully saturated rings. The SMILES string of the molecule is CC1Cc2c(cn(C)c2Cl)C1CCN. The second kappa shape index (κ2) is 3.59. The summed E-state index contributed by atoms with van der Waals surface area (Å²) in [6.45, 7) is 3.05. The molecule has 0 saturated carbocycles. The van der Waals surface area contributed by atoms with E-state index in [9.17, 15) is 0 Å². The van der Waals surface area contributed by atoms with E-state index in [1.807, 2.05) is 11.6 Å². The summed E-state index contributed by atoms with van der Waals surface area (Å²) >= 11 is 6.22. The standard InChI is InChI=1S/C11H17ClN2/c1-7-5-9-10(8(7)3-4-13)6-14(2)11(9)12/h6-8H,3-5,13H2,1-2H3. The Labute approximate surface area is 90.0 Å². The molecular formula is C11H17ClN2. The molecule has 0 spiro atoms. The second-order valence-corrected chi connectivity index (χ2v) is 4.69. The minimum absolute atomic E-state index is 0.619. The molecule has 3 heteroatoms. The number of nitrogens with zero attached hydrogens (tertiary/aromatic N) is 1. The van der Waals surface area contributed by atoms with Crippen molar-refractivity contribution in [3.05, 3.63) is 22.5 Å². The molecule has 2 unspecified atom stereocenters.